The van der Waals surface area contributed by atoms with E-state index in [1.165, 1.54) is 12.8 Å². The second-order valence-electron chi connectivity index (χ2n) is 4.19. The quantitative estimate of drug-likeness (QED) is 0.788. The Balaban J connectivity index is 1.91. The summed E-state index contributed by atoms with van der Waals surface area (Å²) in [4.78, 5) is 0. The number of hydrogen-bond acceptors (Lipinski definition) is 3. The maximum atomic E-state index is 8.96. The first kappa shape index (κ1) is 11.4. The largest absolute Gasteiger partial charge is 0.492 e. The molecule has 1 aromatic rings. The molecule has 2 N–H and O–H groups in total. The van der Waals surface area contributed by atoms with E-state index in [2.05, 4.69) is 5.32 Å². The van der Waals surface area contributed by atoms with E-state index in [1.54, 1.807) is 0 Å². The average molecular weight is 221 g/mol. The van der Waals surface area contributed by atoms with Crippen LogP contribution in [0.3, 0.4) is 0 Å². The summed E-state index contributed by atoms with van der Waals surface area (Å²) in [5, 5.41) is 12.4. The van der Waals surface area contributed by atoms with Gasteiger partial charge in [0.15, 0.2) is 0 Å². The average Bonchev–Trinajstić information content (AvgIpc) is 2.81. The number of aliphatic hydroxyl groups is 1. The number of benzene rings is 1. The van der Waals surface area contributed by atoms with E-state index in [-0.39, 0.29) is 6.61 Å². The van der Waals surface area contributed by atoms with E-state index in [0.29, 0.717) is 12.5 Å². The summed E-state index contributed by atoms with van der Waals surface area (Å²) < 4.78 is 5.80. The van der Waals surface area contributed by atoms with Crippen molar-refractivity contribution < 1.29 is 9.84 Å². The Hall–Kier alpha value is -1.06. The Bertz CT molecular complexity index is 321. The number of aliphatic hydroxyl groups excluding tert-OH is 1. The first-order valence-corrected chi connectivity index (χ1v) is 5.95. The van der Waals surface area contributed by atoms with Crippen molar-refractivity contribution in [2.75, 3.05) is 19.8 Å². The van der Waals surface area contributed by atoms with Gasteiger partial charge in [0.05, 0.1) is 0 Å². The zero-order chi connectivity index (χ0) is 11.2. The van der Waals surface area contributed by atoms with Crippen LogP contribution in [0, 0.1) is 0 Å². The van der Waals surface area contributed by atoms with Crippen molar-refractivity contribution in [2.24, 2.45) is 0 Å². The molecule has 0 bridgehead atoms. The highest BCUT2D eigenvalue weighted by Gasteiger charge is 2.14. The summed E-state index contributed by atoms with van der Waals surface area (Å²) in [6.07, 6.45) is 3.10. The molecule has 3 heteroatoms. The molecule has 1 atom stereocenters. The maximum Gasteiger partial charge on any atom is 0.122 e. The molecule has 88 valence electrons. The number of hydrogen-bond donors (Lipinski definition) is 2. The molecule has 0 saturated carbocycles. The topological polar surface area (TPSA) is 41.5 Å². The van der Waals surface area contributed by atoms with Crippen LogP contribution in [-0.4, -0.2) is 30.9 Å². The van der Waals surface area contributed by atoms with Crippen molar-refractivity contribution in [1.29, 1.82) is 0 Å². The van der Waals surface area contributed by atoms with Gasteiger partial charge < -0.3 is 15.2 Å². The second kappa shape index (κ2) is 5.87. The van der Waals surface area contributed by atoms with Gasteiger partial charge in [-0.15, -0.1) is 0 Å². The van der Waals surface area contributed by atoms with Gasteiger partial charge in [-0.2, -0.15) is 0 Å². The van der Waals surface area contributed by atoms with Crippen molar-refractivity contribution in [3.8, 4) is 5.75 Å². The van der Waals surface area contributed by atoms with Crippen LogP contribution in [0.25, 0.3) is 0 Å². The summed E-state index contributed by atoms with van der Waals surface area (Å²) in [5.74, 6) is 0.908. The molecule has 0 aromatic heterocycles. The third-order valence-corrected chi connectivity index (χ3v) is 2.96. The SMILES string of the molecule is OCCc1ccccc1OC[C@H]1CCCN1. The number of nitrogens with one attached hydrogen (secondary N) is 1. The zero-order valence-electron chi connectivity index (χ0n) is 9.48. The molecule has 0 spiro atoms. The molecule has 1 aromatic carbocycles. The highest BCUT2D eigenvalue weighted by Crippen LogP contribution is 2.19. The van der Waals surface area contributed by atoms with E-state index in [0.717, 1.165) is 24.5 Å². The Morgan fingerprint density at radius 2 is 2.25 bits per heavy atom. The maximum absolute atomic E-state index is 8.96. The molecule has 0 amide bonds. The minimum absolute atomic E-state index is 0.169. The molecule has 1 saturated heterocycles. The van der Waals surface area contributed by atoms with E-state index in [9.17, 15) is 0 Å². The van der Waals surface area contributed by atoms with Crippen LogP contribution < -0.4 is 10.1 Å². The van der Waals surface area contributed by atoms with Crippen molar-refractivity contribution in [1.82, 2.24) is 5.32 Å². The summed E-state index contributed by atoms with van der Waals surface area (Å²) in [6.45, 7) is 2.00. The number of rotatable bonds is 5. The first-order valence-electron chi connectivity index (χ1n) is 5.95. The molecule has 2 rings (SSSR count). The molecule has 3 nitrogen and oxygen atoms in total. The van der Waals surface area contributed by atoms with Gasteiger partial charge in [0.2, 0.25) is 0 Å². The van der Waals surface area contributed by atoms with E-state index < -0.39 is 0 Å². The zero-order valence-corrected chi connectivity index (χ0v) is 9.48. The summed E-state index contributed by atoms with van der Waals surface area (Å²) >= 11 is 0. The summed E-state index contributed by atoms with van der Waals surface area (Å²) in [5.41, 5.74) is 1.09. The number of ether oxygens (including phenoxy) is 1. The molecule has 0 radical (unpaired) electrons. The fourth-order valence-corrected chi connectivity index (χ4v) is 2.06. The first-order chi connectivity index (χ1) is 7.90. The lowest BCUT2D eigenvalue weighted by Gasteiger charge is -2.14. The molecule has 1 heterocycles. The van der Waals surface area contributed by atoms with Crippen LogP contribution in [0.4, 0.5) is 0 Å². The van der Waals surface area contributed by atoms with Gasteiger partial charge in [-0.05, 0) is 37.4 Å². The fraction of sp³-hybridized carbons (Fsp3) is 0.538. The Kier molecular flexibility index (Phi) is 4.19. The second-order valence-corrected chi connectivity index (χ2v) is 4.19. The summed E-state index contributed by atoms with van der Waals surface area (Å²) in [6, 6.07) is 8.42. The molecule has 1 fully saturated rings. The highest BCUT2D eigenvalue weighted by atomic mass is 16.5. The van der Waals surface area contributed by atoms with E-state index in [4.69, 9.17) is 9.84 Å². The number of para-hydroxylation sites is 1. The third kappa shape index (κ3) is 2.97. The van der Waals surface area contributed by atoms with Gasteiger partial charge in [0.1, 0.15) is 12.4 Å². The van der Waals surface area contributed by atoms with Gasteiger partial charge in [0, 0.05) is 12.6 Å². The normalized spacial score (nSPS) is 19.9. The molecule has 0 unspecified atom stereocenters. The smallest absolute Gasteiger partial charge is 0.122 e. The van der Waals surface area contributed by atoms with Crippen LogP contribution >= 0.6 is 0 Å². The van der Waals surface area contributed by atoms with Crippen LogP contribution in [-0.2, 0) is 6.42 Å². The van der Waals surface area contributed by atoms with Crippen molar-refractivity contribution in [2.45, 2.75) is 25.3 Å². The van der Waals surface area contributed by atoms with E-state index in [1.807, 2.05) is 24.3 Å². The predicted molar refractivity (Wildman–Crippen MR) is 63.8 cm³/mol. The molecule has 0 aliphatic carbocycles. The van der Waals surface area contributed by atoms with E-state index >= 15 is 0 Å². The van der Waals surface area contributed by atoms with Gasteiger partial charge in [-0.25, -0.2) is 0 Å². The lowest BCUT2D eigenvalue weighted by atomic mass is 10.1. The van der Waals surface area contributed by atoms with Gasteiger partial charge in [-0.1, -0.05) is 18.2 Å². The van der Waals surface area contributed by atoms with Crippen molar-refractivity contribution in [3.63, 3.8) is 0 Å². The van der Waals surface area contributed by atoms with Crippen LogP contribution in [0.15, 0.2) is 24.3 Å². The van der Waals surface area contributed by atoms with Gasteiger partial charge in [-0.3, -0.25) is 0 Å². The van der Waals surface area contributed by atoms with Crippen LogP contribution in [0.5, 0.6) is 5.75 Å². The summed E-state index contributed by atoms with van der Waals surface area (Å²) in [7, 11) is 0. The molecule has 1 aliphatic heterocycles. The predicted octanol–water partition coefficient (Wildman–Crippen LogP) is 1.35. The molecule has 1 aliphatic rings. The Morgan fingerprint density at radius 1 is 1.38 bits per heavy atom. The lowest BCUT2D eigenvalue weighted by Crippen LogP contribution is -2.28. The fourth-order valence-electron chi connectivity index (χ4n) is 2.06. The van der Waals surface area contributed by atoms with Crippen molar-refractivity contribution in [3.05, 3.63) is 29.8 Å². The van der Waals surface area contributed by atoms with Gasteiger partial charge in [0.25, 0.3) is 0 Å². The van der Waals surface area contributed by atoms with Crippen LogP contribution in [0.1, 0.15) is 18.4 Å². The minimum atomic E-state index is 0.169. The molecular weight excluding hydrogens is 202 g/mol. The minimum Gasteiger partial charge on any atom is -0.492 e. The lowest BCUT2D eigenvalue weighted by molar-refractivity contribution is 0.267. The molecular formula is C13H19NO2. The van der Waals surface area contributed by atoms with Crippen molar-refractivity contribution >= 4 is 0 Å². The van der Waals surface area contributed by atoms with Gasteiger partial charge >= 0.3 is 0 Å². The van der Waals surface area contributed by atoms with Crippen LogP contribution in [0.2, 0.25) is 0 Å². The Labute approximate surface area is 96.4 Å². The Morgan fingerprint density at radius 3 is 3.00 bits per heavy atom. The third-order valence-electron chi connectivity index (χ3n) is 2.96. The molecule has 16 heavy (non-hydrogen) atoms. The monoisotopic (exact) mass is 221 g/mol. The standard InChI is InChI=1S/C13H19NO2/c15-9-7-11-4-1-2-6-13(11)16-10-12-5-3-8-14-12/h1-2,4,6,12,14-15H,3,5,7-10H2/t12-/m1/s1. The highest BCUT2D eigenvalue weighted by molar-refractivity contribution is 5.33.